The molecular formula is C5H7N2+. The molecule has 1 saturated heterocycles. The molecule has 2 heteroatoms. The molecule has 0 spiro atoms. The minimum atomic E-state index is 1.04. The van der Waals surface area contributed by atoms with E-state index in [1.807, 2.05) is 6.07 Å². The smallest absolute Gasteiger partial charge is 0.104 e. The Kier molecular flexibility index (Phi) is 1.10. The first-order valence-corrected chi connectivity index (χ1v) is 2.32. The standard InChI is InChI=1S/C5H6N2/c6-2-1-5-3-7-4-5/h1,7H,3-4H2/p+1. The number of allylic oxidation sites excluding steroid dienone is 1. The van der Waals surface area contributed by atoms with Gasteiger partial charge in [0.1, 0.15) is 13.1 Å². The summed E-state index contributed by atoms with van der Waals surface area (Å²) in [6, 6.07) is 1.99. The first kappa shape index (κ1) is 4.35. The van der Waals surface area contributed by atoms with Crippen molar-refractivity contribution in [3.05, 3.63) is 11.6 Å². The molecule has 0 amide bonds. The summed E-state index contributed by atoms with van der Waals surface area (Å²) in [5.74, 6) is 0. The monoisotopic (exact) mass is 95.1 g/mol. The lowest BCUT2D eigenvalue weighted by Crippen LogP contribution is -2.93. The van der Waals surface area contributed by atoms with Crippen LogP contribution in [-0.4, -0.2) is 13.1 Å². The van der Waals surface area contributed by atoms with Gasteiger partial charge in [0, 0.05) is 11.6 Å². The Morgan fingerprint density at radius 3 is 2.57 bits per heavy atom. The maximum Gasteiger partial charge on any atom is 0.104 e. The highest BCUT2D eigenvalue weighted by Gasteiger charge is 2.09. The molecule has 1 heterocycles. The van der Waals surface area contributed by atoms with E-state index in [9.17, 15) is 0 Å². The van der Waals surface area contributed by atoms with Crippen LogP contribution in [0.15, 0.2) is 11.6 Å². The lowest BCUT2D eigenvalue weighted by Gasteiger charge is -2.11. The van der Waals surface area contributed by atoms with Crippen molar-refractivity contribution >= 4 is 0 Å². The van der Waals surface area contributed by atoms with Crippen molar-refractivity contribution in [1.29, 1.82) is 5.26 Å². The zero-order valence-corrected chi connectivity index (χ0v) is 4.02. The normalized spacial score (nSPS) is 17.3. The van der Waals surface area contributed by atoms with Crippen LogP contribution >= 0.6 is 0 Å². The number of hydrogen-bond acceptors (Lipinski definition) is 1. The summed E-state index contributed by atoms with van der Waals surface area (Å²) in [5, 5.41) is 10.2. The van der Waals surface area contributed by atoms with E-state index in [1.54, 1.807) is 6.08 Å². The number of nitrogens with two attached hydrogens (primary N) is 1. The van der Waals surface area contributed by atoms with E-state index < -0.39 is 0 Å². The van der Waals surface area contributed by atoms with Crippen molar-refractivity contribution in [1.82, 2.24) is 0 Å². The fourth-order valence-electron chi connectivity index (χ4n) is 0.520. The lowest BCUT2D eigenvalue weighted by molar-refractivity contribution is -0.680. The fraction of sp³-hybridized carbons (Fsp3) is 0.400. The highest BCUT2D eigenvalue weighted by atomic mass is 14.9. The molecular weight excluding hydrogens is 88.1 g/mol. The van der Waals surface area contributed by atoms with Gasteiger partial charge in [0.05, 0.1) is 6.07 Å². The van der Waals surface area contributed by atoms with Gasteiger partial charge in [-0.25, -0.2) is 0 Å². The van der Waals surface area contributed by atoms with Gasteiger partial charge in [-0.05, 0) is 0 Å². The van der Waals surface area contributed by atoms with E-state index in [4.69, 9.17) is 5.26 Å². The summed E-state index contributed by atoms with van der Waals surface area (Å²) < 4.78 is 0. The van der Waals surface area contributed by atoms with Gasteiger partial charge in [0.2, 0.25) is 0 Å². The average molecular weight is 95.1 g/mol. The minimum absolute atomic E-state index is 1.04. The molecule has 0 radical (unpaired) electrons. The van der Waals surface area contributed by atoms with Crippen LogP contribution in [0.3, 0.4) is 0 Å². The minimum Gasteiger partial charge on any atom is -0.339 e. The molecule has 0 bridgehead atoms. The molecule has 0 aromatic rings. The quantitative estimate of drug-likeness (QED) is 0.386. The lowest BCUT2D eigenvalue weighted by atomic mass is 10.1. The molecule has 0 aromatic heterocycles. The van der Waals surface area contributed by atoms with Gasteiger partial charge in [0.15, 0.2) is 0 Å². The topological polar surface area (TPSA) is 40.4 Å². The number of rotatable bonds is 0. The summed E-state index contributed by atoms with van der Waals surface area (Å²) >= 11 is 0. The third-order valence-corrected chi connectivity index (χ3v) is 1.08. The van der Waals surface area contributed by atoms with Gasteiger partial charge < -0.3 is 5.32 Å². The second-order valence-electron chi connectivity index (χ2n) is 1.63. The Hall–Kier alpha value is -0.810. The van der Waals surface area contributed by atoms with Gasteiger partial charge >= 0.3 is 0 Å². The first-order chi connectivity index (χ1) is 3.43. The number of nitriles is 1. The van der Waals surface area contributed by atoms with Crippen LogP contribution in [0.25, 0.3) is 0 Å². The van der Waals surface area contributed by atoms with E-state index in [0.29, 0.717) is 0 Å². The third kappa shape index (κ3) is 0.787. The van der Waals surface area contributed by atoms with Gasteiger partial charge in [0.25, 0.3) is 0 Å². The van der Waals surface area contributed by atoms with Gasteiger partial charge in [-0.3, -0.25) is 0 Å². The molecule has 0 aliphatic carbocycles. The van der Waals surface area contributed by atoms with E-state index in [0.717, 1.165) is 13.1 Å². The Labute approximate surface area is 42.4 Å². The fourth-order valence-corrected chi connectivity index (χ4v) is 0.520. The van der Waals surface area contributed by atoms with Gasteiger partial charge in [-0.15, -0.1) is 0 Å². The Balaban J connectivity index is 2.41. The van der Waals surface area contributed by atoms with Crippen molar-refractivity contribution in [2.45, 2.75) is 0 Å². The van der Waals surface area contributed by atoms with Crippen LogP contribution in [-0.2, 0) is 0 Å². The second kappa shape index (κ2) is 1.76. The molecule has 36 valence electrons. The van der Waals surface area contributed by atoms with Crippen LogP contribution in [0.4, 0.5) is 0 Å². The summed E-state index contributed by atoms with van der Waals surface area (Å²) in [5.41, 5.74) is 1.27. The Bertz CT molecular complexity index is 124. The Morgan fingerprint density at radius 1 is 1.71 bits per heavy atom. The predicted octanol–water partition coefficient (Wildman–Crippen LogP) is -0.987. The number of quaternary nitrogens is 1. The SMILES string of the molecule is N#CC=C1C[NH2+]C1. The second-order valence-corrected chi connectivity index (χ2v) is 1.63. The zero-order valence-electron chi connectivity index (χ0n) is 4.02. The number of nitrogens with zero attached hydrogens (tertiary/aromatic N) is 1. The van der Waals surface area contributed by atoms with E-state index >= 15 is 0 Å². The molecule has 1 aliphatic heterocycles. The van der Waals surface area contributed by atoms with Crippen molar-refractivity contribution < 1.29 is 5.32 Å². The largest absolute Gasteiger partial charge is 0.339 e. The molecule has 2 nitrogen and oxygen atoms in total. The van der Waals surface area contributed by atoms with E-state index in [-0.39, 0.29) is 0 Å². The van der Waals surface area contributed by atoms with E-state index in [1.165, 1.54) is 5.57 Å². The molecule has 0 saturated carbocycles. The van der Waals surface area contributed by atoms with Crippen LogP contribution in [0.5, 0.6) is 0 Å². The third-order valence-electron chi connectivity index (χ3n) is 1.08. The van der Waals surface area contributed by atoms with Crippen LogP contribution in [0.1, 0.15) is 0 Å². The maximum absolute atomic E-state index is 8.06. The van der Waals surface area contributed by atoms with Crippen LogP contribution < -0.4 is 5.32 Å². The first-order valence-electron chi connectivity index (χ1n) is 2.32. The molecule has 1 fully saturated rings. The molecule has 1 rings (SSSR count). The van der Waals surface area contributed by atoms with E-state index in [2.05, 4.69) is 5.32 Å². The van der Waals surface area contributed by atoms with Crippen molar-refractivity contribution in [2.75, 3.05) is 13.1 Å². The average Bonchev–Trinajstić information content (AvgIpc) is 1.55. The van der Waals surface area contributed by atoms with Crippen molar-refractivity contribution in [3.63, 3.8) is 0 Å². The van der Waals surface area contributed by atoms with Gasteiger partial charge in [-0.1, -0.05) is 0 Å². The zero-order chi connectivity index (χ0) is 5.11. The Morgan fingerprint density at radius 2 is 2.43 bits per heavy atom. The van der Waals surface area contributed by atoms with Crippen LogP contribution in [0.2, 0.25) is 0 Å². The van der Waals surface area contributed by atoms with Gasteiger partial charge in [-0.2, -0.15) is 5.26 Å². The predicted molar refractivity (Wildman–Crippen MR) is 25.4 cm³/mol. The summed E-state index contributed by atoms with van der Waals surface area (Å²) in [6.45, 7) is 2.07. The molecule has 2 N–H and O–H groups in total. The van der Waals surface area contributed by atoms with Crippen LogP contribution in [0, 0.1) is 11.3 Å². The van der Waals surface area contributed by atoms with Crippen molar-refractivity contribution in [3.8, 4) is 6.07 Å². The maximum atomic E-state index is 8.06. The summed E-state index contributed by atoms with van der Waals surface area (Å²) in [4.78, 5) is 0. The van der Waals surface area contributed by atoms with Crippen molar-refractivity contribution in [2.24, 2.45) is 0 Å². The molecule has 7 heavy (non-hydrogen) atoms. The summed E-state index contributed by atoms with van der Waals surface area (Å²) in [7, 11) is 0. The molecule has 0 aromatic carbocycles. The molecule has 0 atom stereocenters. The summed E-state index contributed by atoms with van der Waals surface area (Å²) in [6.07, 6.45) is 1.62. The molecule has 0 unspecified atom stereocenters. The highest BCUT2D eigenvalue weighted by molar-refractivity contribution is 5.15. The molecule has 1 aliphatic rings. The highest BCUT2D eigenvalue weighted by Crippen LogP contribution is 1.88. The number of hydrogen-bond donors (Lipinski definition) is 1.